The Hall–Kier alpha value is -0.0400. The van der Waals surface area contributed by atoms with E-state index in [1.54, 1.807) is 0 Å². The monoisotopic (exact) mass is 224 g/mol. The van der Waals surface area contributed by atoms with Crippen molar-refractivity contribution in [2.45, 2.75) is 72.3 Å². The van der Waals surface area contributed by atoms with Crippen molar-refractivity contribution < 1.29 is 5.11 Å². The van der Waals surface area contributed by atoms with E-state index in [4.69, 9.17) is 0 Å². The minimum absolute atomic E-state index is 0.0235. The van der Waals surface area contributed by atoms with Gasteiger partial charge in [0.2, 0.25) is 0 Å². The van der Waals surface area contributed by atoms with Crippen LogP contribution in [0.25, 0.3) is 0 Å². The van der Waals surface area contributed by atoms with Gasteiger partial charge in [0.25, 0.3) is 0 Å². The predicted molar refractivity (Wildman–Crippen MR) is 68.3 cm³/mol. The molecule has 2 saturated carbocycles. The molecule has 0 amide bonds. The minimum Gasteiger partial charge on any atom is -0.393 e. The molecule has 0 heterocycles. The van der Waals surface area contributed by atoms with E-state index in [9.17, 15) is 5.11 Å². The summed E-state index contributed by atoms with van der Waals surface area (Å²) in [6.07, 6.45) is 7.41. The lowest BCUT2D eigenvalue weighted by Gasteiger charge is -2.51. The molecule has 5 atom stereocenters. The zero-order chi connectivity index (χ0) is 12.0. The molecule has 94 valence electrons. The zero-order valence-corrected chi connectivity index (χ0v) is 11.4. The van der Waals surface area contributed by atoms with Gasteiger partial charge in [0.05, 0.1) is 6.10 Å². The maximum Gasteiger partial charge on any atom is 0.0573 e. The Morgan fingerprint density at radius 3 is 2.56 bits per heavy atom. The van der Waals surface area contributed by atoms with Gasteiger partial charge >= 0.3 is 0 Å². The molecular weight excluding hydrogens is 196 g/mol. The van der Waals surface area contributed by atoms with Crippen molar-refractivity contribution in [3.63, 3.8) is 0 Å². The molecule has 16 heavy (non-hydrogen) atoms. The number of aliphatic hydroxyl groups excluding tert-OH is 1. The number of hydrogen-bond acceptors (Lipinski definition) is 1. The summed E-state index contributed by atoms with van der Waals surface area (Å²) in [5.74, 6) is 1.35. The highest BCUT2D eigenvalue weighted by molar-refractivity contribution is 5.07. The first-order valence-corrected chi connectivity index (χ1v) is 7.14. The van der Waals surface area contributed by atoms with Crippen molar-refractivity contribution in [1.29, 1.82) is 0 Å². The van der Waals surface area contributed by atoms with Gasteiger partial charge in [0.15, 0.2) is 0 Å². The maximum atomic E-state index is 10.2. The Labute approximate surface area is 101 Å². The van der Waals surface area contributed by atoms with Crippen molar-refractivity contribution in [3.8, 4) is 0 Å². The van der Waals surface area contributed by atoms with Crippen LogP contribution in [0, 0.1) is 22.7 Å². The van der Waals surface area contributed by atoms with E-state index in [1.807, 2.05) is 0 Å². The molecule has 1 heteroatoms. The Balaban J connectivity index is 2.30. The number of rotatable bonds is 2. The van der Waals surface area contributed by atoms with Crippen molar-refractivity contribution in [1.82, 2.24) is 0 Å². The molecule has 0 bridgehead atoms. The Morgan fingerprint density at radius 2 is 1.94 bits per heavy atom. The second-order valence-electron chi connectivity index (χ2n) is 6.75. The van der Waals surface area contributed by atoms with Crippen LogP contribution in [0.5, 0.6) is 0 Å². The van der Waals surface area contributed by atoms with E-state index in [2.05, 4.69) is 27.7 Å². The first-order chi connectivity index (χ1) is 7.45. The Bertz CT molecular complexity index is 262. The average molecular weight is 224 g/mol. The minimum atomic E-state index is -0.0235. The van der Waals surface area contributed by atoms with E-state index < -0.39 is 0 Å². The summed E-state index contributed by atoms with van der Waals surface area (Å²) in [7, 11) is 0. The smallest absolute Gasteiger partial charge is 0.0573 e. The molecule has 0 saturated heterocycles. The summed E-state index contributed by atoms with van der Waals surface area (Å²) in [5, 5.41) is 10.2. The summed E-state index contributed by atoms with van der Waals surface area (Å²) in [6, 6.07) is 0. The van der Waals surface area contributed by atoms with Crippen molar-refractivity contribution in [2.24, 2.45) is 22.7 Å². The van der Waals surface area contributed by atoms with Crippen molar-refractivity contribution >= 4 is 0 Å². The van der Waals surface area contributed by atoms with Gasteiger partial charge < -0.3 is 5.11 Å². The number of hydrogen-bond donors (Lipinski definition) is 1. The SMILES string of the molecule is CC[C@@H](C)[C@@]1(C)CC[C@H]2[C@@H](O)CCC[C@@]21C. The molecule has 2 aliphatic rings. The molecule has 0 aromatic heterocycles. The fraction of sp³-hybridized carbons (Fsp3) is 1.00. The predicted octanol–water partition coefficient (Wildman–Crippen LogP) is 4.00. The summed E-state index contributed by atoms with van der Waals surface area (Å²) in [4.78, 5) is 0. The van der Waals surface area contributed by atoms with Crippen LogP contribution >= 0.6 is 0 Å². The highest BCUT2D eigenvalue weighted by atomic mass is 16.3. The summed E-state index contributed by atoms with van der Waals surface area (Å²) >= 11 is 0. The Morgan fingerprint density at radius 1 is 1.25 bits per heavy atom. The quantitative estimate of drug-likeness (QED) is 0.751. The number of fused-ring (bicyclic) bond motifs is 1. The molecule has 0 aromatic carbocycles. The standard InChI is InChI=1S/C15H28O/c1-5-11(2)14(3)10-8-12-13(16)7-6-9-15(12,14)4/h11-13,16H,5-10H2,1-4H3/t11-,12+,13+,14-,15+/m1/s1. The summed E-state index contributed by atoms with van der Waals surface area (Å²) < 4.78 is 0. The second kappa shape index (κ2) is 4.01. The first kappa shape index (κ1) is 12.4. The van der Waals surface area contributed by atoms with Gasteiger partial charge in [-0.1, -0.05) is 40.5 Å². The van der Waals surface area contributed by atoms with Crippen LogP contribution in [0.3, 0.4) is 0 Å². The molecule has 2 aliphatic carbocycles. The lowest BCUT2D eigenvalue weighted by Crippen LogP contribution is -2.47. The first-order valence-electron chi connectivity index (χ1n) is 7.14. The molecule has 0 aromatic rings. The largest absolute Gasteiger partial charge is 0.393 e. The van der Waals surface area contributed by atoms with Gasteiger partial charge in [0, 0.05) is 0 Å². The molecule has 0 radical (unpaired) electrons. The van der Waals surface area contributed by atoms with Crippen LogP contribution < -0.4 is 0 Å². The lowest BCUT2D eigenvalue weighted by molar-refractivity contribution is -0.0678. The average Bonchev–Trinajstić information content (AvgIpc) is 2.53. The lowest BCUT2D eigenvalue weighted by atomic mass is 9.54. The highest BCUT2D eigenvalue weighted by Crippen LogP contribution is 2.65. The van der Waals surface area contributed by atoms with Gasteiger partial charge in [-0.15, -0.1) is 0 Å². The van der Waals surface area contributed by atoms with Gasteiger partial charge in [-0.05, 0) is 48.3 Å². The molecule has 0 aliphatic heterocycles. The molecular formula is C15H28O. The van der Waals surface area contributed by atoms with Crippen LogP contribution in [-0.2, 0) is 0 Å². The van der Waals surface area contributed by atoms with Gasteiger partial charge in [-0.25, -0.2) is 0 Å². The van der Waals surface area contributed by atoms with Gasteiger partial charge in [0.1, 0.15) is 0 Å². The molecule has 0 spiro atoms. The third-order valence-electron chi connectivity index (χ3n) is 6.46. The molecule has 2 fully saturated rings. The van der Waals surface area contributed by atoms with E-state index in [0.717, 1.165) is 12.3 Å². The van der Waals surface area contributed by atoms with Crippen molar-refractivity contribution in [2.75, 3.05) is 0 Å². The fourth-order valence-electron chi connectivity index (χ4n) is 4.71. The van der Waals surface area contributed by atoms with E-state index >= 15 is 0 Å². The topological polar surface area (TPSA) is 20.2 Å². The maximum absolute atomic E-state index is 10.2. The van der Waals surface area contributed by atoms with E-state index in [-0.39, 0.29) is 6.10 Å². The van der Waals surface area contributed by atoms with Crippen LogP contribution in [0.4, 0.5) is 0 Å². The van der Waals surface area contributed by atoms with Crippen LogP contribution in [0.15, 0.2) is 0 Å². The summed E-state index contributed by atoms with van der Waals surface area (Å²) in [6.45, 7) is 9.67. The second-order valence-corrected chi connectivity index (χ2v) is 6.75. The van der Waals surface area contributed by atoms with Crippen LogP contribution in [0.2, 0.25) is 0 Å². The molecule has 1 N–H and O–H groups in total. The van der Waals surface area contributed by atoms with E-state index in [1.165, 1.54) is 32.1 Å². The zero-order valence-electron chi connectivity index (χ0n) is 11.4. The molecule has 0 unspecified atom stereocenters. The Kier molecular flexibility index (Phi) is 3.11. The summed E-state index contributed by atoms with van der Waals surface area (Å²) in [5.41, 5.74) is 0.841. The third-order valence-corrected chi connectivity index (χ3v) is 6.46. The number of aliphatic hydroxyl groups is 1. The molecule has 2 rings (SSSR count). The van der Waals surface area contributed by atoms with Crippen molar-refractivity contribution in [3.05, 3.63) is 0 Å². The normalized spacial score (nSPS) is 50.1. The van der Waals surface area contributed by atoms with Crippen LogP contribution in [0.1, 0.15) is 66.2 Å². The molecule has 1 nitrogen and oxygen atoms in total. The fourth-order valence-corrected chi connectivity index (χ4v) is 4.71. The van der Waals surface area contributed by atoms with Crippen LogP contribution in [-0.4, -0.2) is 11.2 Å². The van der Waals surface area contributed by atoms with Gasteiger partial charge in [-0.2, -0.15) is 0 Å². The van der Waals surface area contributed by atoms with Gasteiger partial charge in [-0.3, -0.25) is 0 Å². The third kappa shape index (κ3) is 1.47. The highest BCUT2D eigenvalue weighted by Gasteiger charge is 2.58. The van der Waals surface area contributed by atoms with E-state index in [0.29, 0.717) is 16.7 Å².